The standard InChI is InChI=1S/C20H17N5O3S/c1-11(26)21-12-7-8-15-17(9-12)29-20(22-15)23-18(27)10-16-13-5-3-4-6-14(13)19(28)25(2)24-16/h3-9H,10H2,1-2H3,(H,21,26)(H,22,23,27). The first-order chi connectivity index (χ1) is 13.9. The Morgan fingerprint density at radius 1 is 1.10 bits per heavy atom. The number of nitrogens with one attached hydrogen (secondary N) is 2. The number of carbonyl (C=O) groups is 2. The molecule has 0 aliphatic rings. The number of anilines is 2. The molecule has 0 saturated heterocycles. The Morgan fingerprint density at radius 3 is 2.62 bits per heavy atom. The highest BCUT2D eigenvalue weighted by Crippen LogP contribution is 2.28. The van der Waals surface area contributed by atoms with Crippen LogP contribution in [-0.2, 0) is 23.1 Å². The molecule has 2 N–H and O–H groups in total. The number of hydrogen-bond donors (Lipinski definition) is 2. The van der Waals surface area contributed by atoms with E-state index in [1.54, 1.807) is 37.4 Å². The smallest absolute Gasteiger partial charge is 0.274 e. The topological polar surface area (TPSA) is 106 Å². The molecular formula is C20H17N5O3S. The van der Waals surface area contributed by atoms with E-state index in [4.69, 9.17) is 0 Å². The molecule has 0 radical (unpaired) electrons. The van der Waals surface area contributed by atoms with Crippen molar-refractivity contribution in [2.24, 2.45) is 7.05 Å². The van der Waals surface area contributed by atoms with Gasteiger partial charge in [-0.05, 0) is 24.3 Å². The molecule has 0 fully saturated rings. The van der Waals surface area contributed by atoms with Crippen LogP contribution in [-0.4, -0.2) is 26.6 Å². The number of rotatable bonds is 4. The average Bonchev–Trinajstić information content (AvgIpc) is 3.06. The largest absolute Gasteiger partial charge is 0.326 e. The van der Waals surface area contributed by atoms with Crippen molar-refractivity contribution in [3.8, 4) is 0 Å². The third kappa shape index (κ3) is 3.85. The van der Waals surface area contributed by atoms with Crippen molar-refractivity contribution >= 4 is 55.0 Å². The molecule has 29 heavy (non-hydrogen) atoms. The fourth-order valence-electron chi connectivity index (χ4n) is 3.08. The molecule has 8 nitrogen and oxygen atoms in total. The lowest BCUT2D eigenvalue weighted by Crippen LogP contribution is -2.24. The van der Waals surface area contributed by atoms with E-state index < -0.39 is 0 Å². The van der Waals surface area contributed by atoms with Crippen LogP contribution in [0, 0.1) is 0 Å². The van der Waals surface area contributed by atoms with Crippen molar-refractivity contribution < 1.29 is 9.59 Å². The highest BCUT2D eigenvalue weighted by molar-refractivity contribution is 7.22. The summed E-state index contributed by atoms with van der Waals surface area (Å²) in [5.74, 6) is -0.429. The molecule has 2 aromatic carbocycles. The van der Waals surface area contributed by atoms with Gasteiger partial charge in [0, 0.05) is 25.0 Å². The first-order valence-electron chi connectivity index (χ1n) is 8.83. The van der Waals surface area contributed by atoms with Gasteiger partial charge in [0.1, 0.15) is 0 Å². The monoisotopic (exact) mass is 407 g/mol. The summed E-state index contributed by atoms with van der Waals surface area (Å²) in [6, 6.07) is 12.5. The SMILES string of the molecule is CC(=O)Nc1ccc2nc(NC(=O)Cc3nn(C)c(=O)c4ccccc34)sc2c1. The molecule has 9 heteroatoms. The van der Waals surface area contributed by atoms with Gasteiger partial charge in [0.2, 0.25) is 11.8 Å². The van der Waals surface area contributed by atoms with E-state index in [0.29, 0.717) is 27.3 Å². The summed E-state index contributed by atoms with van der Waals surface area (Å²) in [5.41, 5.74) is 1.72. The molecular weight excluding hydrogens is 390 g/mol. The number of carbonyl (C=O) groups excluding carboxylic acids is 2. The molecule has 0 aliphatic heterocycles. The van der Waals surface area contributed by atoms with Crippen LogP contribution in [0.2, 0.25) is 0 Å². The number of fused-ring (bicyclic) bond motifs is 2. The molecule has 2 aromatic heterocycles. The van der Waals surface area contributed by atoms with Crippen LogP contribution in [0.1, 0.15) is 12.6 Å². The van der Waals surface area contributed by atoms with E-state index >= 15 is 0 Å². The zero-order valence-corrected chi connectivity index (χ0v) is 16.5. The third-order valence-electron chi connectivity index (χ3n) is 4.32. The lowest BCUT2D eigenvalue weighted by molar-refractivity contribution is -0.116. The molecule has 0 unspecified atom stereocenters. The molecule has 4 rings (SSSR count). The fraction of sp³-hybridized carbons (Fsp3) is 0.150. The normalized spacial score (nSPS) is 11.0. The number of benzene rings is 2. The molecule has 2 amide bonds. The van der Waals surface area contributed by atoms with E-state index in [2.05, 4.69) is 20.7 Å². The highest BCUT2D eigenvalue weighted by atomic mass is 32.1. The zero-order chi connectivity index (χ0) is 20.5. The van der Waals surface area contributed by atoms with Crippen molar-refractivity contribution in [2.45, 2.75) is 13.3 Å². The van der Waals surface area contributed by atoms with Crippen LogP contribution >= 0.6 is 11.3 Å². The van der Waals surface area contributed by atoms with E-state index in [0.717, 1.165) is 10.2 Å². The van der Waals surface area contributed by atoms with Crippen LogP contribution < -0.4 is 16.2 Å². The van der Waals surface area contributed by atoms with Gasteiger partial charge in [0.15, 0.2) is 5.13 Å². The second-order valence-corrected chi connectivity index (χ2v) is 7.56. The van der Waals surface area contributed by atoms with Gasteiger partial charge in [-0.25, -0.2) is 9.67 Å². The fourth-order valence-corrected chi connectivity index (χ4v) is 4.00. The van der Waals surface area contributed by atoms with Crippen LogP contribution in [0.25, 0.3) is 21.0 Å². The van der Waals surface area contributed by atoms with Gasteiger partial charge < -0.3 is 10.6 Å². The molecule has 0 aliphatic carbocycles. The second-order valence-electron chi connectivity index (χ2n) is 6.53. The van der Waals surface area contributed by atoms with Gasteiger partial charge in [-0.3, -0.25) is 14.4 Å². The number of nitrogens with zero attached hydrogens (tertiary/aromatic N) is 3. The van der Waals surface area contributed by atoms with E-state index in [1.165, 1.54) is 22.9 Å². The minimum Gasteiger partial charge on any atom is -0.326 e. The lowest BCUT2D eigenvalue weighted by atomic mass is 10.1. The molecule has 0 atom stereocenters. The van der Waals surface area contributed by atoms with E-state index in [-0.39, 0.29) is 23.8 Å². The third-order valence-corrected chi connectivity index (χ3v) is 5.25. The molecule has 0 spiro atoms. The minimum absolute atomic E-state index is 0.0156. The maximum Gasteiger partial charge on any atom is 0.274 e. The first kappa shape index (κ1) is 18.8. The van der Waals surface area contributed by atoms with Gasteiger partial charge in [-0.15, -0.1) is 0 Å². The van der Waals surface area contributed by atoms with Crippen molar-refractivity contribution in [1.82, 2.24) is 14.8 Å². The van der Waals surface area contributed by atoms with Gasteiger partial charge in [-0.2, -0.15) is 5.10 Å². The van der Waals surface area contributed by atoms with E-state index in [1.807, 2.05) is 12.1 Å². The second kappa shape index (κ2) is 7.44. The van der Waals surface area contributed by atoms with E-state index in [9.17, 15) is 14.4 Å². The summed E-state index contributed by atoms with van der Waals surface area (Å²) < 4.78 is 2.09. The Balaban J connectivity index is 1.57. The van der Waals surface area contributed by atoms with Gasteiger partial charge in [-0.1, -0.05) is 29.5 Å². The Morgan fingerprint density at radius 2 is 1.86 bits per heavy atom. The molecule has 2 heterocycles. The summed E-state index contributed by atoms with van der Waals surface area (Å²) in [4.78, 5) is 40.4. The highest BCUT2D eigenvalue weighted by Gasteiger charge is 2.14. The maximum absolute atomic E-state index is 12.6. The summed E-state index contributed by atoms with van der Waals surface area (Å²) in [5, 5.41) is 11.4. The number of aryl methyl sites for hydroxylation is 1. The summed E-state index contributed by atoms with van der Waals surface area (Å²) in [6.45, 7) is 1.44. The number of amides is 2. The van der Waals surface area contributed by atoms with Crippen LogP contribution in [0.5, 0.6) is 0 Å². The first-order valence-corrected chi connectivity index (χ1v) is 9.65. The number of hydrogen-bond acceptors (Lipinski definition) is 6. The van der Waals surface area contributed by atoms with Crippen LogP contribution in [0.3, 0.4) is 0 Å². The average molecular weight is 407 g/mol. The Kier molecular flexibility index (Phi) is 4.81. The minimum atomic E-state index is -0.276. The Hall–Kier alpha value is -3.59. The van der Waals surface area contributed by atoms with Crippen molar-refractivity contribution in [2.75, 3.05) is 10.6 Å². The number of aromatic nitrogens is 3. The molecule has 146 valence electrons. The summed E-state index contributed by atoms with van der Waals surface area (Å²) >= 11 is 1.32. The van der Waals surface area contributed by atoms with Crippen LogP contribution in [0.15, 0.2) is 47.3 Å². The van der Waals surface area contributed by atoms with Crippen molar-refractivity contribution in [1.29, 1.82) is 0 Å². The summed E-state index contributed by atoms with van der Waals surface area (Å²) in [7, 11) is 1.57. The molecule has 0 saturated carbocycles. The van der Waals surface area contributed by atoms with Crippen molar-refractivity contribution in [3.63, 3.8) is 0 Å². The molecule has 0 bridgehead atoms. The maximum atomic E-state index is 12.6. The number of thiazole rings is 1. The van der Waals surface area contributed by atoms with Gasteiger partial charge in [0.25, 0.3) is 5.56 Å². The predicted molar refractivity (Wildman–Crippen MR) is 113 cm³/mol. The predicted octanol–water partition coefficient (Wildman–Crippen LogP) is 2.68. The Bertz CT molecular complexity index is 1320. The van der Waals surface area contributed by atoms with Crippen LogP contribution in [0.4, 0.5) is 10.8 Å². The van der Waals surface area contributed by atoms with Crippen molar-refractivity contribution in [3.05, 3.63) is 58.5 Å². The van der Waals surface area contributed by atoms with Gasteiger partial charge in [0.05, 0.1) is 27.7 Å². The van der Waals surface area contributed by atoms with Gasteiger partial charge >= 0.3 is 0 Å². The molecule has 4 aromatic rings. The Labute approximate surface area is 169 Å². The lowest BCUT2D eigenvalue weighted by Gasteiger charge is -2.07. The zero-order valence-electron chi connectivity index (χ0n) is 15.7. The summed E-state index contributed by atoms with van der Waals surface area (Å²) in [6.07, 6.45) is 0.0156. The quantitative estimate of drug-likeness (QED) is 0.541.